The molecular weight excluding hydrogens is 354 g/mol. The number of aromatic nitrogens is 1. The fraction of sp³-hybridized carbons (Fsp3) is 0.409. The third kappa shape index (κ3) is 3.07. The molecule has 0 amide bonds. The number of carbonyl (C=O) groups is 2. The fourth-order valence-corrected chi connectivity index (χ4v) is 3.79. The fourth-order valence-electron chi connectivity index (χ4n) is 3.79. The van der Waals surface area contributed by atoms with Gasteiger partial charge < -0.3 is 15.4 Å². The Labute approximate surface area is 165 Å². The third-order valence-corrected chi connectivity index (χ3v) is 5.58. The molecule has 2 aromatic rings. The minimum absolute atomic E-state index is 0.134. The van der Waals surface area contributed by atoms with Crippen LogP contribution in [0.25, 0.3) is 0 Å². The quantitative estimate of drug-likeness (QED) is 0.470. The summed E-state index contributed by atoms with van der Waals surface area (Å²) in [5.74, 6) is -0.384. The Hall–Kier alpha value is -2.73. The topological polar surface area (TPSA) is 85.5 Å². The summed E-state index contributed by atoms with van der Waals surface area (Å²) >= 11 is 0. The maximum absolute atomic E-state index is 13.9. The number of rotatable bonds is 6. The van der Waals surface area contributed by atoms with Crippen molar-refractivity contribution in [2.24, 2.45) is 11.1 Å². The number of esters is 1. The first-order valence-corrected chi connectivity index (χ1v) is 9.57. The van der Waals surface area contributed by atoms with E-state index in [1.807, 2.05) is 50.1 Å². The summed E-state index contributed by atoms with van der Waals surface area (Å²) in [6.07, 6.45) is 1.87. The summed E-state index contributed by atoms with van der Waals surface area (Å²) in [6.45, 7) is 5.94. The Morgan fingerprint density at radius 2 is 2.00 bits per heavy atom. The van der Waals surface area contributed by atoms with Crippen LogP contribution in [0.15, 0.2) is 42.6 Å². The summed E-state index contributed by atoms with van der Waals surface area (Å²) in [5, 5.41) is 0. The zero-order chi connectivity index (χ0) is 20.5. The van der Waals surface area contributed by atoms with Crippen LogP contribution in [0.2, 0.25) is 0 Å². The van der Waals surface area contributed by atoms with Crippen LogP contribution < -0.4 is 10.6 Å². The average molecular weight is 381 g/mol. The molecule has 1 aliphatic rings. The van der Waals surface area contributed by atoms with Gasteiger partial charge >= 0.3 is 5.97 Å². The lowest BCUT2D eigenvalue weighted by Crippen LogP contribution is -2.48. The largest absolute Gasteiger partial charge is 0.465 e. The number of ketones is 1. The summed E-state index contributed by atoms with van der Waals surface area (Å²) < 4.78 is 5.35. The average Bonchev–Trinajstić information content (AvgIpc) is 3.01. The van der Waals surface area contributed by atoms with Gasteiger partial charge in [-0.1, -0.05) is 24.3 Å². The molecule has 28 heavy (non-hydrogen) atoms. The Bertz CT molecular complexity index is 896. The molecule has 3 rings (SSSR count). The lowest BCUT2D eigenvalue weighted by Gasteiger charge is -2.32. The second kappa shape index (κ2) is 7.72. The lowest BCUT2D eigenvalue weighted by atomic mass is 9.74. The van der Waals surface area contributed by atoms with E-state index in [-0.39, 0.29) is 24.9 Å². The number of pyridine rings is 1. The van der Waals surface area contributed by atoms with Crippen molar-refractivity contribution in [1.82, 2.24) is 4.98 Å². The van der Waals surface area contributed by atoms with Crippen LogP contribution in [0, 0.1) is 5.41 Å². The van der Waals surface area contributed by atoms with Crippen molar-refractivity contribution in [3.05, 3.63) is 59.3 Å². The predicted molar refractivity (Wildman–Crippen MR) is 108 cm³/mol. The summed E-state index contributed by atoms with van der Waals surface area (Å²) in [4.78, 5) is 33.3. The lowest BCUT2D eigenvalue weighted by molar-refractivity contribution is -0.153. The Kier molecular flexibility index (Phi) is 5.52. The molecule has 2 N–H and O–H groups in total. The van der Waals surface area contributed by atoms with Crippen LogP contribution >= 0.6 is 0 Å². The van der Waals surface area contributed by atoms with E-state index >= 15 is 0 Å². The molecule has 0 saturated heterocycles. The minimum Gasteiger partial charge on any atom is -0.465 e. The van der Waals surface area contributed by atoms with E-state index in [2.05, 4.69) is 4.98 Å². The number of Topliss-reactive ketones (excluding diaryl/α,β-unsaturated/α-hetero) is 1. The van der Waals surface area contributed by atoms with Gasteiger partial charge in [-0.15, -0.1) is 0 Å². The number of hydrogen-bond acceptors (Lipinski definition) is 6. The minimum atomic E-state index is -1.49. The number of benzene rings is 1. The molecule has 0 fully saturated rings. The summed E-state index contributed by atoms with van der Waals surface area (Å²) in [5.41, 5.74) is 7.13. The van der Waals surface area contributed by atoms with Gasteiger partial charge in [-0.3, -0.25) is 9.59 Å². The molecule has 2 atom stereocenters. The van der Waals surface area contributed by atoms with Gasteiger partial charge in [0, 0.05) is 19.3 Å². The highest BCUT2D eigenvalue weighted by Crippen LogP contribution is 2.48. The number of hydrogen-bond donors (Lipinski definition) is 1. The van der Waals surface area contributed by atoms with Gasteiger partial charge in [-0.05, 0) is 50.5 Å². The number of nitrogens with two attached hydrogens (primary N) is 1. The van der Waals surface area contributed by atoms with Crippen LogP contribution in [-0.4, -0.2) is 36.4 Å². The van der Waals surface area contributed by atoms with Crippen LogP contribution in [-0.2, 0) is 16.0 Å². The first-order chi connectivity index (χ1) is 13.3. The standard InChI is InChI=1S/C22H27N3O3/c1-5-28-21(27)22(13-15-9-6-7-10-16(15)18(22)23)19(26)17-11-8-12-24-20(17)25(4)14(2)3/h6-12,14,18H,5,13,23H2,1-4H3. The molecule has 1 aromatic carbocycles. The van der Waals surface area contributed by atoms with E-state index in [0.717, 1.165) is 11.1 Å². The van der Waals surface area contributed by atoms with Gasteiger partial charge in [0.2, 0.25) is 0 Å². The first kappa shape index (κ1) is 20.0. The molecule has 148 valence electrons. The Balaban J connectivity index is 2.15. The van der Waals surface area contributed by atoms with Crippen LogP contribution in [0.4, 0.5) is 5.82 Å². The highest BCUT2D eigenvalue weighted by molar-refractivity contribution is 6.16. The molecule has 0 bridgehead atoms. The molecular formula is C22H27N3O3. The van der Waals surface area contributed by atoms with Gasteiger partial charge in [0.15, 0.2) is 11.2 Å². The molecule has 0 spiro atoms. The maximum Gasteiger partial charge on any atom is 0.322 e. The molecule has 6 nitrogen and oxygen atoms in total. The van der Waals surface area contributed by atoms with Crippen molar-refractivity contribution in [1.29, 1.82) is 0 Å². The van der Waals surface area contributed by atoms with Crippen LogP contribution in [0.3, 0.4) is 0 Å². The smallest absolute Gasteiger partial charge is 0.322 e. The molecule has 0 saturated carbocycles. The van der Waals surface area contributed by atoms with Crippen molar-refractivity contribution in [3.8, 4) is 0 Å². The van der Waals surface area contributed by atoms with E-state index in [4.69, 9.17) is 10.5 Å². The maximum atomic E-state index is 13.9. The van der Waals surface area contributed by atoms with E-state index in [1.54, 1.807) is 25.3 Å². The number of fused-ring (bicyclic) bond motifs is 1. The van der Waals surface area contributed by atoms with E-state index < -0.39 is 17.4 Å². The van der Waals surface area contributed by atoms with E-state index in [9.17, 15) is 9.59 Å². The highest BCUT2D eigenvalue weighted by atomic mass is 16.5. The van der Waals surface area contributed by atoms with Crippen molar-refractivity contribution in [2.45, 2.75) is 39.3 Å². The number of anilines is 1. The normalized spacial score (nSPS) is 20.7. The zero-order valence-electron chi connectivity index (χ0n) is 16.8. The first-order valence-electron chi connectivity index (χ1n) is 9.57. The Morgan fingerprint density at radius 1 is 1.29 bits per heavy atom. The van der Waals surface area contributed by atoms with Crippen molar-refractivity contribution in [2.75, 3.05) is 18.6 Å². The van der Waals surface area contributed by atoms with Gasteiger partial charge in [0.05, 0.1) is 18.2 Å². The van der Waals surface area contributed by atoms with E-state index in [1.165, 1.54) is 0 Å². The van der Waals surface area contributed by atoms with Gasteiger partial charge in [0.1, 0.15) is 5.82 Å². The van der Waals surface area contributed by atoms with Crippen LogP contribution in [0.1, 0.15) is 48.3 Å². The molecule has 0 aliphatic heterocycles. The molecule has 1 aromatic heterocycles. The van der Waals surface area contributed by atoms with Crippen LogP contribution in [0.5, 0.6) is 0 Å². The summed E-state index contributed by atoms with van der Waals surface area (Å²) in [6, 6.07) is 10.3. The molecule has 1 heterocycles. The summed E-state index contributed by atoms with van der Waals surface area (Å²) in [7, 11) is 1.88. The molecule has 1 aliphatic carbocycles. The number of ether oxygens (including phenoxy) is 1. The van der Waals surface area contributed by atoms with Crippen molar-refractivity contribution < 1.29 is 14.3 Å². The molecule has 0 radical (unpaired) electrons. The van der Waals surface area contributed by atoms with Gasteiger partial charge in [-0.25, -0.2) is 4.98 Å². The highest BCUT2D eigenvalue weighted by Gasteiger charge is 2.57. The number of nitrogens with zero attached hydrogens (tertiary/aromatic N) is 2. The SMILES string of the molecule is CCOC(=O)C1(C(=O)c2cccnc2N(C)C(C)C)Cc2ccccc2C1N. The predicted octanol–water partition coefficient (Wildman–Crippen LogP) is 2.91. The Morgan fingerprint density at radius 3 is 2.64 bits per heavy atom. The van der Waals surface area contributed by atoms with Crippen molar-refractivity contribution in [3.63, 3.8) is 0 Å². The van der Waals surface area contributed by atoms with E-state index in [0.29, 0.717) is 11.4 Å². The second-order valence-corrected chi connectivity index (χ2v) is 7.45. The third-order valence-electron chi connectivity index (χ3n) is 5.58. The van der Waals surface area contributed by atoms with Crippen molar-refractivity contribution >= 4 is 17.6 Å². The molecule has 2 unspecified atom stereocenters. The van der Waals surface area contributed by atoms with Gasteiger partial charge in [-0.2, -0.15) is 0 Å². The molecule has 6 heteroatoms. The monoisotopic (exact) mass is 381 g/mol. The number of carbonyl (C=O) groups excluding carboxylic acids is 2. The van der Waals surface area contributed by atoms with Gasteiger partial charge in [0.25, 0.3) is 0 Å². The second-order valence-electron chi connectivity index (χ2n) is 7.45. The zero-order valence-corrected chi connectivity index (χ0v) is 16.8.